The molecule has 1 heterocycles. The number of nitrogens with zero attached hydrogens (tertiary/aromatic N) is 3. The Hall–Kier alpha value is -2.71. The van der Waals surface area contributed by atoms with Crippen molar-refractivity contribution < 1.29 is 17.9 Å². The van der Waals surface area contributed by atoms with Crippen LogP contribution < -0.4 is 15.4 Å². The lowest BCUT2D eigenvalue weighted by molar-refractivity contribution is -0.153. The molecule has 2 aromatic rings. The molecular formula is C18H24F3N5O. The van der Waals surface area contributed by atoms with Crippen LogP contribution in [0.1, 0.15) is 18.1 Å². The van der Waals surface area contributed by atoms with Gasteiger partial charge in [0.15, 0.2) is 12.6 Å². The third-order valence-corrected chi connectivity index (χ3v) is 3.49. The van der Waals surface area contributed by atoms with Crippen LogP contribution >= 0.6 is 0 Å². The number of aromatic nitrogens is 2. The van der Waals surface area contributed by atoms with Gasteiger partial charge in [-0.05, 0) is 37.1 Å². The molecule has 0 saturated heterocycles. The fourth-order valence-corrected chi connectivity index (χ4v) is 2.25. The molecule has 27 heavy (non-hydrogen) atoms. The van der Waals surface area contributed by atoms with Crippen LogP contribution in [0, 0.1) is 6.92 Å². The summed E-state index contributed by atoms with van der Waals surface area (Å²) in [6.45, 7) is 5.16. The number of hydrogen-bond acceptors (Lipinski definition) is 3. The summed E-state index contributed by atoms with van der Waals surface area (Å²) in [5.41, 5.74) is 1.98. The first-order valence-electron chi connectivity index (χ1n) is 8.65. The van der Waals surface area contributed by atoms with Crippen LogP contribution in [-0.2, 0) is 13.1 Å². The van der Waals surface area contributed by atoms with Crippen molar-refractivity contribution in [3.63, 3.8) is 0 Å². The number of ether oxygens (including phenoxy) is 1. The van der Waals surface area contributed by atoms with Crippen molar-refractivity contribution in [3.05, 3.63) is 47.8 Å². The molecule has 2 N–H and O–H groups in total. The average Bonchev–Trinajstić information content (AvgIpc) is 3.03. The molecule has 2 rings (SSSR count). The van der Waals surface area contributed by atoms with Gasteiger partial charge in [-0.15, -0.1) is 0 Å². The van der Waals surface area contributed by atoms with Gasteiger partial charge in [0, 0.05) is 19.3 Å². The number of alkyl halides is 3. The van der Waals surface area contributed by atoms with Gasteiger partial charge in [-0.3, -0.25) is 4.68 Å². The Labute approximate surface area is 156 Å². The molecule has 1 aromatic carbocycles. The molecule has 9 heteroatoms. The summed E-state index contributed by atoms with van der Waals surface area (Å²) in [6, 6.07) is 6.42. The first kappa shape index (κ1) is 20.6. The number of guanidine groups is 1. The summed E-state index contributed by atoms with van der Waals surface area (Å²) >= 11 is 0. The second-order valence-corrected chi connectivity index (χ2v) is 5.95. The number of aryl methyl sites for hydroxylation is 1. The van der Waals surface area contributed by atoms with E-state index in [0.29, 0.717) is 25.6 Å². The van der Waals surface area contributed by atoms with Gasteiger partial charge < -0.3 is 15.4 Å². The first-order chi connectivity index (χ1) is 12.9. The number of hydrogen-bond donors (Lipinski definition) is 2. The number of halogens is 3. The topological polar surface area (TPSA) is 63.5 Å². The zero-order valence-corrected chi connectivity index (χ0v) is 15.4. The lowest BCUT2D eigenvalue weighted by Crippen LogP contribution is -2.38. The standard InChI is InChI=1S/C18H24F3N5O/c1-3-22-17(23-8-9-26-12-14(2)10-25-26)24-11-15-4-6-16(7-5-15)27-13-18(19,20)21/h4-7,10,12H,3,8-9,11,13H2,1-2H3,(H2,22,23,24). The molecule has 148 valence electrons. The van der Waals surface area contributed by atoms with E-state index in [-0.39, 0.29) is 5.75 Å². The Morgan fingerprint density at radius 2 is 1.96 bits per heavy atom. The van der Waals surface area contributed by atoms with E-state index in [1.807, 2.05) is 24.7 Å². The number of aliphatic imine (C=N–C) groups is 1. The molecular weight excluding hydrogens is 359 g/mol. The number of benzene rings is 1. The van der Waals surface area contributed by atoms with E-state index >= 15 is 0 Å². The minimum absolute atomic E-state index is 0.180. The van der Waals surface area contributed by atoms with E-state index in [9.17, 15) is 13.2 Å². The molecule has 0 atom stereocenters. The maximum Gasteiger partial charge on any atom is 0.422 e. The van der Waals surface area contributed by atoms with Crippen LogP contribution in [0.4, 0.5) is 13.2 Å². The van der Waals surface area contributed by atoms with Crippen LogP contribution in [0.25, 0.3) is 0 Å². The van der Waals surface area contributed by atoms with Crippen molar-refractivity contribution in [2.24, 2.45) is 4.99 Å². The van der Waals surface area contributed by atoms with Crippen molar-refractivity contribution in [1.29, 1.82) is 0 Å². The van der Waals surface area contributed by atoms with Crippen LogP contribution in [-0.4, -0.2) is 41.6 Å². The Morgan fingerprint density at radius 3 is 2.56 bits per heavy atom. The maximum atomic E-state index is 12.2. The summed E-state index contributed by atoms with van der Waals surface area (Å²) in [5.74, 6) is 0.846. The minimum Gasteiger partial charge on any atom is -0.484 e. The highest BCUT2D eigenvalue weighted by Crippen LogP contribution is 2.19. The summed E-state index contributed by atoms with van der Waals surface area (Å²) in [6.07, 6.45) is -0.570. The van der Waals surface area contributed by atoms with E-state index in [0.717, 1.165) is 17.7 Å². The molecule has 0 aliphatic heterocycles. The van der Waals surface area contributed by atoms with Crippen LogP contribution in [0.5, 0.6) is 5.75 Å². The highest BCUT2D eigenvalue weighted by Gasteiger charge is 2.28. The lowest BCUT2D eigenvalue weighted by atomic mass is 10.2. The van der Waals surface area contributed by atoms with Gasteiger partial charge in [0.2, 0.25) is 0 Å². The monoisotopic (exact) mass is 383 g/mol. The van der Waals surface area contributed by atoms with Crippen molar-refractivity contribution in [1.82, 2.24) is 20.4 Å². The molecule has 0 spiro atoms. The smallest absolute Gasteiger partial charge is 0.422 e. The van der Waals surface area contributed by atoms with Gasteiger partial charge in [0.25, 0.3) is 0 Å². The van der Waals surface area contributed by atoms with Gasteiger partial charge >= 0.3 is 6.18 Å². The quantitative estimate of drug-likeness (QED) is 0.544. The summed E-state index contributed by atoms with van der Waals surface area (Å²) in [7, 11) is 0. The molecule has 0 aliphatic carbocycles. The molecule has 0 bridgehead atoms. The van der Waals surface area contributed by atoms with Gasteiger partial charge in [0.05, 0.1) is 19.3 Å². The first-order valence-corrected chi connectivity index (χ1v) is 8.65. The third-order valence-electron chi connectivity index (χ3n) is 3.49. The minimum atomic E-state index is -4.34. The molecule has 0 aliphatic rings. The Balaban J connectivity index is 1.84. The van der Waals surface area contributed by atoms with Crippen molar-refractivity contribution in [2.45, 2.75) is 33.1 Å². The third kappa shape index (κ3) is 8.02. The number of nitrogens with one attached hydrogen (secondary N) is 2. The zero-order chi connectivity index (χ0) is 19.7. The van der Waals surface area contributed by atoms with Gasteiger partial charge in [-0.1, -0.05) is 12.1 Å². The predicted octanol–water partition coefficient (Wildman–Crippen LogP) is 2.89. The van der Waals surface area contributed by atoms with Crippen LogP contribution in [0.15, 0.2) is 41.7 Å². The number of rotatable bonds is 8. The average molecular weight is 383 g/mol. The second kappa shape index (κ2) is 9.84. The summed E-state index contributed by atoms with van der Waals surface area (Å²) < 4.78 is 43.0. The van der Waals surface area contributed by atoms with Gasteiger partial charge in [-0.25, -0.2) is 4.99 Å². The predicted molar refractivity (Wildman–Crippen MR) is 97.8 cm³/mol. The van der Waals surface area contributed by atoms with Crippen molar-refractivity contribution in [3.8, 4) is 5.75 Å². The molecule has 0 saturated carbocycles. The Morgan fingerprint density at radius 1 is 1.22 bits per heavy atom. The fourth-order valence-electron chi connectivity index (χ4n) is 2.25. The highest BCUT2D eigenvalue weighted by atomic mass is 19.4. The normalized spacial score (nSPS) is 12.1. The van der Waals surface area contributed by atoms with E-state index in [4.69, 9.17) is 4.74 Å². The second-order valence-electron chi connectivity index (χ2n) is 5.95. The maximum absolute atomic E-state index is 12.2. The van der Waals surface area contributed by atoms with E-state index in [2.05, 4.69) is 20.7 Å². The van der Waals surface area contributed by atoms with E-state index in [1.54, 1.807) is 18.3 Å². The summed E-state index contributed by atoms with van der Waals surface area (Å²) in [5, 5.41) is 10.6. The van der Waals surface area contributed by atoms with Crippen molar-refractivity contribution >= 4 is 5.96 Å². The Bertz CT molecular complexity index is 725. The van der Waals surface area contributed by atoms with Gasteiger partial charge in [-0.2, -0.15) is 18.3 Å². The molecule has 0 fully saturated rings. The molecule has 6 nitrogen and oxygen atoms in total. The molecule has 1 aromatic heterocycles. The summed E-state index contributed by atoms with van der Waals surface area (Å²) in [4.78, 5) is 4.48. The van der Waals surface area contributed by atoms with E-state index < -0.39 is 12.8 Å². The molecule has 0 unspecified atom stereocenters. The Kier molecular flexibility index (Phi) is 7.51. The van der Waals surface area contributed by atoms with Crippen molar-refractivity contribution in [2.75, 3.05) is 19.7 Å². The van der Waals surface area contributed by atoms with Crippen LogP contribution in [0.2, 0.25) is 0 Å². The fraction of sp³-hybridized carbons (Fsp3) is 0.444. The van der Waals surface area contributed by atoms with Gasteiger partial charge in [0.1, 0.15) is 5.75 Å². The lowest BCUT2D eigenvalue weighted by Gasteiger charge is -2.12. The SMILES string of the molecule is CCNC(=NCc1ccc(OCC(F)(F)F)cc1)NCCn1cc(C)cn1. The largest absolute Gasteiger partial charge is 0.484 e. The highest BCUT2D eigenvalue weighted by molar-refractivity contribution is 5.79. The zero-order valence-electron chi connectivity index (χ0n) is 15.4. The molecule has 0 amide bonds. The van der Waals surface area contributed by atoms with E-state index in [1.165, 1.54) is 12.1 Å². The molecule has 0 radical (unpaired) electrons. The van der Waals surface area contributed by atoms with Crippen LogP contribution in [0.3, 0.4) is 0 Å².